The minimum atomic E-state index is -0.787. The van der Waals surface area contributed by atoms with Gasteiger partial charge in [0, 0.05) is 12.1 Å². The molecule has 2 heterocycles. The van der Waals surface area contributed by atoms with E-state index in [1.54, 1.807) is 70.2 Å². The smallest absolute Gasteiger partial charge is 0.412 e. The molecule has 2 aromatic carbocycles. The first-order valence-electron chi connectivity index (χ1n) is 15.5. The summed E-state index contributed by atoms with van der Waals surface area (Å²) in [5.41, 5.74) is 0.0771. The number of carbonyl (C=O) groups is 3. The SMILES string of the molecule is Cc1nc2c(OCCOCCOCCOCCOc3ccc(NC(=O)OC(C)(C)C)cc3)cccc2c(=O)n1C1CCC(=O)NC1=O. The number of nitrogens with one attached hydrogen (secondary N) is 2. The molecule has 1 unspecified atom stereocenters. The maximum atomic E-state index is 13.3. The van der Waals surface area contributed by atoms with Crippen LogP contribution in [0.15, 0.2) is 47.3 Å². The number of hydrogen-bond donors (Lipinski definition) is 2. The lowest BCUT2D eigenvalue weighted by Crippen LogP contribution is -2.45. The van der Waals surface area contributed by atoms with Crippen LogP contribution in [0.5, 0.6) is 11.5 Å². The number of rotatable bonds is 16. The lowest BCUT2D eigenvalue weighted by Gasteiger charge is -2.24. The zero-order valence-electron chi connectivity index (χ0n) is 27.2. The fraction of sp³-hybridized carbons (Fsp3) is 0.485. The summed E-state index contributed by atoms with van der Waals surface area (Å²) in [6, 6.07) is 11.2. The number of amides is 3. The van der Waals surface area contributed by atoms with Crippen molar-refractivity contribution in [1.82, 2.24) is 14.9 Å². The number of carbonyl (C=O) groups excluding carboxylic acids is 3. The molecule has 0 radical (unpaired) electrons. The fourth-order valence-electron chi connectivity index (χ4n) is 4.74. The highest BCUT2D eigenvalue weighted by Gasteiger charge is 2.30. The van der Waals surface area contributed by atoms with Crippen molar-refractivity contribution in [1.29, 1.82) is 0 Å². The van der Waals surface area contributed by atoms with E-state index in [2.05, 4.69) is 15.6 Å². The van der Waals surface area contributed by atoms with E-state index in [1.165, 1.54) is 4.57 Å². The molecule has 1 aromatic heterocycles. The summed E-state index contributed by atoms with van der Waals surface area (Å²) in [5, 5.41) is 5.28. The number of benzene rings is 2. The predicted molar refractivity (Wildman–Crippen MR) is 172 cm³/mol. The molecule has 254 valence electrons. The summed E-state index contributed by atoms with van der Waals surface area (Å²) in [6.07, 6.45) is -0.111. The summed E-state index contributed by atoms with van der Waals surface area (Å²) in [4.78, 5) is 53.6. The van der Waals surface area contributed by atoms with E-state index < -0.39 is 23.6 Å². The van der Waals surface area contributed by atoms with Gasteiger partial charge in [-0.2, -0.15) is 0 Å². The van der Waals surface area contributed by atoms with Crippen LogP contribution in [0.3, 0.4) is 0 Å². The van der Waals surface area contributed by atoms with E-state index in [-0.39, 0.29) is 30.9 Å². The van der Waals surface area contributed by atoms with Crippen molar-refractivity contribution in [3.8, 4) is 11.5 Å². The molecule has 1 saturated heterocycles. The van der Waals surface area contributed by atoms with Gasteiger partial charge in [-0.25, -0.2) is 9.78 Å². The van der Waals surface area contributed by atoms with Crippen LogP contribution in [0.4, 0.5) is 10.5 Å². The highest BCUT2D eigenvalue weighted by Crippen LogP contribution is 2.25. The van der Waals surface area contributed by atoms with E-state index in [9.17, 15) is 19.2 Å². The van der Waals surface area contributed by atoms with Gasteiger partial charge in [0.05, 0.1) is 45.0 Å². The quantitative estimate of drug-likeness (QED) is 0.171. The van der Waals surface area contributed by atoms with Crippen molar-refractivity contribution < 1.29 is 42.8 Å². The molecule has 0 spiro atoms. The number of aryl methyl sites for hydroxylation is 1. The Morgan fingerprint density at radius 1 is 0.894 bits per heavy atom. The zero-order valence-corrected chi connectivity index (χ0v) is 27.2. The first kappa shape index (κ1) is 35.3. The van der Waals surface area contributed by atoms with Gasteiger partial charge in [0.25, 0.3) is 5.56 Å². The molecule has 1 aliphatic rings. The summed E-state index contributed by atoms with van der Waals surface area (Å²) in [6.45, 7) is 9.92. The molecule has 47 heavy (non-hydrogen) atoms. The van der Waals surface area contributed by atoms with Crippen LogP contribution >= 0.6 is 0 Å². The lowest BCUT2D eigenvalue weighted by atomic mass is 10.1. The number of anilines is 1. The molecule has 3 amide bonds. The van der Waals surface area contributed by atoms with Crippen molar-refractivity contribution in [2.45, 2.75) is 52.2 Å². The zero-order chi connectivity index (χ0) is 33.8. The monoisotopic (exact) mass is 654 g/mol. The number of piperidine rings is 1. The molecule has 0 saturated carbocycles. The normalized spacial score (nSPS) is 14.9. The van der Waals surface area contributed by atoms with Crippen LogP contribution in [0.2, 0.25) is 0 Å². The van der Waals surface area contributed by atoms with Crippen LogP contribution in [0, 0.1) is 6.92 Å². The van der Waals surface area contributed by atoms with Crippen molar-refractivity contribution in [2.75, 3.05) is 58.2 Å². The Morgan fingerprint density at radius 3 is 2.13 bits per heavy atom. The first-order valence-corrected chi connectivity index (χ1v) is 15.5. The maximum Gasteiger partial charge on any atom is 0.412 e. The number of para-hydroxylation sites is 1. The molecule has 1 atom stereocenters. The van der Waals surface area contributed by atoms with Gasteiger partial charge >= 0.3 is 6.09 Å². The van der Waals surface area contributed by atoms with Gasteiger partial charge in [-0.05, 0) is 70.5 Å². The molecule has 14 heteroatoms. The molecule has 3 aromatic rings. The molecular formula is C33H42N4O10. The second-order valence-electron chi connectivity index (χ2n) is 11.6. The molecule has 0 aliphatic carbocycles. The summed E-state index contributed by atoms with van der Waals surface area (Å²) in [7, 11) is 0. The Morgan fingerprint density at radius 2 is 1.51 bits per heavy atom. The Kier molecular flexibility index (Phi) is 12.7. The van der Waals surface area contributed by atoms with Gasteiger partial charge in [0.15, 0.2) is 0 Å². The molecular weight excluding hydrogens is 612 g/mol. The van der Waals surface area contributed by atoms with Crippen molar-refractivity contribution >= 4 is 34.5 Å². The Balaban J connectivity index is 1.06. The van der Waals surface area contributed by atoms with E-state index >= 15 is 0 Å². The predicted octanol–water partition coefficient (Wildman–Crippen LogP) is 3.54. The van der Waals surface area contributed by atoms with Crippen molar-refractivity contribution in [3.63, 3.8) is 0 Å². The maximum absolute atomic E-state index is 13.3. The Bertz CT molecular complexity index is 1580. The van der Waals surface area contributed by atoms with Crippen LogP contribution in [-0.4, -0.2) is 85.9 Å². The number of imide groups is 1. The standard InChI is InChI=1S/C33H42N4O10/c1-22-34-29-25(31(40)37(22)26-12-13-28(38)36-30(26)39)6-5-7-27(29)46-21-19-44-17-15-42-14-16-43-18-20-45-24-10-8-23(9-11-24)35-32(41)47-33(2,3)4/h5-11,26H,12-21H2,1-4H3,(H,35,41)(H,36,38,39). The van der Waals surface area contributed by atoms with E-state index in [0.717, 1.165) is 0 Å². The van der Waals surface area contributed by atoms with E-state index in [4.69, 9.17) is 28.4 Å². The van der Waals surface area contributed by atoms with Gasteiger partial charge in [0.2, 0.25) is 11.8 Å². The number of aromatic nitrogens is 2. The minimum absolute atomic E-state index is 0.161. The largest absolute Gasteiger partial charge is 0.491 e. The second kappa shape index (κ2) is 16.9. The lowest BCUT2D eigenvalue weighted by molar-refractivity contribution is -0.135. The third kappa shape index (κ3) is 10.8. The van der Waals surface area contributed by atoms with Gasteiger partial charge in [-0.3, -0.25) is 29.6 Å². The Labute approximate surface area is 272 Å². The minimum Gasteiger partial charge on any atom is -0.491 e. The fourth-order valence-corrected chi connectivity index (χ4v) is 4.74. The van der Waals surface area contributed by atoms with Gasteiger partial charge in [0.1, 0.15) is 47.7 Å². The molecule has 1 aliphatic heterocycles. The second-order valence-corrected chi connectivity index (χ2v) is 11.6. The highest BCUT2D eigenvalue weighted by molar-refractivity contribution is 5.99. The van der Waals surface area contributed by atoms with Crippen LogP contribution in [-0.2, 0) is 28.5 Å². The van der Waals surface area contributed by atoms with Crippen molar-refractivity contribution in [2.24, 2.45) is 0 Å². The number of fused-ring (bicyclic) bond motifs is 1. The number of hydrogen-bond acceptors (Lipinski definition) is 11. The molecule has 1 fully saturated rings. The summed E-state index contributed by atoms with van der Waals surface area (Å²) < 4.78 is 34.7. The number of nitrogens with zero attached hydrogens (tertiary/aromatic N) is 2. The van der Waals surface area contributed by atoms with E-state index in [1.807, 2.05) is 0 Å². The topological polar surface area (TPSA) is 166 Å². The molecule has 14 nitrogen and oxygen atoms in total. The van der Waals surface area contributed by atoms with Gasteiger partial charge in [-0.15, -0.1) is 0 Å². The third-order valence-electron chi connectivity index (χ3n) is 6.82. The molecule has 4 rings (SSSR count). The summed E-state index contributed by atoms with van der Waals surface area (Å²) in [5.74, 6) is 0.597. The van der Waals surface area contributed by atoms with Crippen LogP contribution < -0.4 is 25.7 Å². The molecule has 0 bridgehead atoms. The van der Waals surface area contributed by atoms with Gasteiger partial charge in [-0.1, -0.05) is 6.07 Å². The first-order chi connectivity index (χ1) is 22.5. The average Bonchev–Trinajstić information content (AvgIpc) is 3.00. The van der Waals surface area contributed by atoms with Crippen LogP contribution in [0.1, 0.15) is 45.5 Å². The van der Waals surface area contributed by atoms with Crippen LogP contribution in [0.25, 0.3) is 10.9 Å². The number of ether oxygens (including phenoxy) is 6. The Hall–Kier alpha value is -4.53. The molecule has 2 N–H and O–H groups in total. The van der Waals surface area contributed by atoms with E-state index in [0.29, 0.717) is 80.2 Å². The van der Waals surface area contributed by atoms with Crippen molar-refractivity contribution in [3.05, 3.63) is 58.6 Å². The highest BCUT2D eigenvalue weighted by atomic mass is 16.6. The summed E-state index contributed by atoms with van der Waals surface area (Å²) >= 11 is 0. The van der Waals surface area contributed by atoms with Gasteiger partial charge < -0.3 is 28.4 Å². The third-order valence-corrected chi connectivity index (χ3v) is 6.82. The average molecular weight is 655 g/mol.